The molecule has 1 aromatic heterocycles. The molecule has 0 aliphatic carbocycles. The minimum atomic E-state index is -1.38. The lowest BCUT2D eigenvalue weighted by molar-refractivity contribution is -0.140. The Bertz CT molecular complexity index is 512. The quantitative estimate of drug-likeness (QED) is 0.813. The fraction of sp³-hybridized carbons (Fsp3) is 0.300. The lowest BCUT2D eigenvalue weighted by atomic mass is 10.2. The molecule has 1 unspecified atom stereocenters. The minimum Gasteiger partial charge on any atom is -0.480 e. The fourth-order valence-corrected chi connectivity index (χ4v) is 2.73. The van der Waals surface area contributed by atoms with Crippen molar-refractivity contribution in [3.05, 3.63) is 29.6 Å². The second kappa shape index (κ2) is 4.89. The van der Waals surface area contributed by atoms with Crippen LogP contribution in [0.1, 0.15) is 10.4 Å². The largest absolute Gasteiger partial charge is 0.480 e. The Morgan fingerprint density at radius 2 is 2.22 bits per heavy atom. The minimum absolute atomic E-state index is 0.138. The Kier molecular flexibility index (Phi) is 3.46. The highest BCUT2D eigenvalue weighted by molar-refractivity contribution is 7.99. The number of aromatic nitrogens is 1. The first kappa shape index (κ1) is 12.7. The van der Waals surface area contributed by atoms with Gasteiger partial charge in [-0.3, -0.25) is 4.79 Å². The third-order valence-electron chi connectivity index (χ3n) is 2.51. The van der Waals surface area contributed by atoms with Gasteiger partial charge in [-0.1, -0.05) is 0 Å². The average molecular weight is 274 g/mol. The number of thioether (sulfide) groups is 1. The van der Waals surface area contributed by atoms with Crippen LogP contribution >= 0.6 is 11.8 Å². The molecule has 1 N–H and O–H groups in total. The van der Waals surface area contributed by atoms with Crippen molar-refractivity contribution in [2.24, 2.45) is 0 Å². The highest BCUT2D eigenvalue weighted by Gasteiger charge is 2.36. The predicted octanol–water partition coefficient (Wildman–Crippen LogP) is 0.960. The maximum Gasteiger partial charge on any atom is 0.327 e. The maximum absolute atomic E-state index is 13.4. The second-order valence-electron chi connectivity index (χ2n) is 3.59. The van der Waals surface area contributed by atoms with E-state index >= 15 is 0 Å². The highest BCUT2D eigenvalue weighted by Crippen LogP contribution is 2.24. The van der Waals surface area contributed by atoms with Crippen LogP contribution in [0.15, 0.2) is 12.3 Å². The lowest BCUT2D eigenvalue weighted by Crippen LogP contribution is -2.42. The van der Waals surface area contributed by atoms with Crippen molar-refractivity contribution in [3.8, 4) is 0 Å². The van der Waals surface area contributed by atoms with E-state index < -0.39 is 35.2 Å². The van der Waals surface area contributed by atoms with E-state index in [4.69, 9.17) is 5.11 Å². The number of carboxylic acid groups (broad SMARTS) is 1. The molecule has 1 aromatic rings. The van der Waals surface area contributed by atoms with Crippen molar-refractivity contribution in [3.63, 3.8) is 0 Å². The summed E-state index contributed by atoms with van der Waals surface area (Å²) in [6.07, 6.45) is 0.963. The topological polar surface area (TPSA) is 70.5 Å². The summed E-state index contributed by atoms with van der Waals surface area (Å²) < 4.78 is 26.3. The van der Waals surface area contributed by atoms with Gasteiger partial charge >= 0.3 is 5.97 Å². The van der Waals surface area contributed by atoms with Crippen LogP contribution in [0.5, 0.6) is 0 Å². The number of aliphatic carboxylic acids is 1. The summed E-state index contributed by atoms with van der Waals surface area (Å²) in [6.45, 7) is 0. The molecule has 2 heterocycles. The van der Waals surface area contributed by atoms with Crippen LogP contribution in [0.25, 0.3) is 0 Å². The van der Waals surface area contributed by atoms with Crippen molar-refractivity contribution in [2.75, 3.05) is 11.6 Å². The Hall–Kier alpha value is -1.70. The van der Waals surface area contributed by atoms with Gasteiger partial charge in [-0.05, 0) is 6.07 Å². The van der Waals surface area contributed by atoms with E-state index in [0.29, 0.717) is 0 Å². The zero-order chi connectivity index (χ0) is 13.3. The number of pyridine rings is 1. The summed E-state index contributed by atoms with van der Waals surface area (Å²) in [4.78, 5) is 26.9. The molecule has 1 amide bonds. The molecule has 1 aliphatic rings. The Morgan fingerprint density at radius 1 is 1.50 bits per heavy atom. The number of rotatable bonds is 2. The zero-order valence-electron chi connectivity index (χ0n) is 8.97. The van der Waals surface area contributed by atoms with E-state index in [-0.39, 0.29) is 11.6 Å². The Morgan fingerprint density at radius 3 is 2.89 bits per heavy atom. The molecule has 0 radical (unpaired) electrons. The zero-order valence-corrected chi connectivity index (χ0v) is 9.79. The first-order valence-electron chi connectivity index (χ1n) is 4.94. The van der Waals surface area contributed by atoms with E-state index in [1.807, 2.05) is 0 Å². The molecular formula is C10H8F2N2O3S. The molecule has 96 valence electrons. The van der Waals surface area contributed by atoms with Crippen LogP contribution in [0.4, 0.5) is 8.78 Å². The molecule has 18 heavy (non-hydrogen) atoms. The number of nitrogens with zero attached hydrogens (tertiary/aromatic N) is 2. The molecule has 0 spiro atoms. The summed E-state index contributed by atoms with van der Waals surface area (Å²) in [5.41, 5.74) is -0.503. The first-order chi connectivity index (χ1) is 8.52. The molecule has 1 saturated heterocycles. The Labute approximate surface area is 105 Å². The van der Waals surface area contributed by atoms with Crippen LogP contribution in [-0.2, 0) is 4.79 Å². The number of amides is 1. The molecule has 0 bridgehead atoms. The van der Waals surface area contributed by atoms with E-state index in [0.717, 1.165) is 17.2 Å². The van der Waals surface area contributed by atoms with Crippen molar-refractivity contribution in [1.82, 2.24) is 9.88 Å². The van der Waals surface area contributed by atoms with E-state index in [1.54, 1.807) is 0 Å². The fourth-order valence-electron chi connectivity index (χ4n) is 1.59. The lowest BCUT2D eigenvalue weighted by Gasteiger charge is -2.20. The summed E-state index contributed by atoms with van der Waals surface area (Å²) in [5.74, 6) is -4.37. The maximum atomic E-state index is 13.4. The molecule has 0 aromatic carbocycles. The number of halogens is 2. The van der Waals surface area contributed by atoms with Crippen molar-refractivity contribution in [1.29, 1.82) is 0 Å². The summed E-state index contributed by atoms with van der Waals surface area (Å²) >= 11 is 1.24. The monoisotopic (exact) mass is 274 g/mol. The van der Waals surface area contributed by atoms with Gasteiger partial charge in [0.1, 0.15) is 6.04 Å². The van der Waals surface area contributed by atoms with Crippen LogP contribution in [0.2, 0.25) is 0 Å². The highest BCUT2D eigenvalue weighted by atomic mass is 32.2. The summed E-state index contributed by atoms with van der Waals surface area (Å²) in [6, 6.07) is 0.0148. The Balaban J connectivity index is 2.31. The second-order valence-corrected chi connectivity index (χ2v) is 4.59. The van der Waals surface area contributed by atoms with E-state index in [1.165, 1.54) is 11.8 Å². The van der Waals surface area contributed by atoms with Crippen molar-refractivity contribution < 1.29 is 23.5 Å². The van der Waals surface area contributed by atoms with Gasteiger partial charge in [-0.25, -0.2) is 14.2 Å². The third kappa shape index (κ3) is 2.15. The van der Waals surface area contributed by atoms with Crippen LogP contribution < -0.4 is 0 Å². The van der Waals surface area contributed by atoms with Gasteiger partial charge in [0, 0.05) is 11.9 Å². The van der Waals surface area contributed by atoms with Gasteiger partial charge in [0.25, 0.3) is 5.91 Å². The van der Waals surface area contributed by atoms with Crippen LogP contribution in [-0.4, -0.2) is 44.5 Å². The van der Waals surface area contributed by atoms with Gasteiger partial charge in [0.2, 0.25) is 5.95 Å². The van der Waals surface area contributed by atoms with Crippen molar-refractivity contribution >= 4 is 23.6 Å². The molecule has 0 saturated carbocycles. The normalized spacial score (nSPS) is 19.0. The van der Waals surface area contributed by atoms with Gasteiger partial charge in [-0.2, -0.15) is 4.39 Å². The van der Waals surface area contributed by atoms with E-state index in [2.05, 4.69) is 4.98 Å². The number of carbonyl (C=O) groups excluding carboxylic acids is 1. The third-order valence-corrected chi connectivity index (χ3v) is 3.52. The average Bonchev–Trinajstić information content (AvgIpc) is 2.81. The van der Waals surface area contributed by atoms with E-state index in [9.17, 15) is 18.4 Å². The first-order valence-corrected chi connectivity index (χ1v) is 6.09. The molecule has 8 heteroatoms. The van der Waals surface area contributed by atoms with Crippen LogP contribution in [0.3, 0.4) is 0 Å². The number of hydrogen-bond acceptors (Lipinski definition) is 4. The van der Waals surface area contributed by atoms with Crippen molar-refractivity contribution in [2.45, 2.75) is 6.04 Å². The smallest absolute Gasteiger partial charge is 0.327 e. The summed E-state index contributed by atoms with van der Waals surface area (Å²) in [7, 11) is 0. The number of hydrogen-bond donors (Lipinski definition) is 1. The van der Waals surface area contributed by atoms with Gasteiger partial charge in [-0.15, -0.1) is 11.8 Å². The summed E-state index contributed by atoms with van der Waals surface area (Å²) in [5, 5.41) is 8.92. The molecule has 1 aliphatic heterocycles. The van der Waals surface area contributed by atoms with Gasteiger partial charge < -0.3 is 10.0 Å². The molecular weight excluding hydrogens is 266 g/mol. The predicted molar refractivity (Wildman–Crippen MR) is 59.1 cm³/mol. The van der Waals surface area contributed by atoms with Crippen LogP contribution in [0, 0.1) is 11.8 Å². The standard InChI is InChI=1S/C10H8F2N2O3S/c11-7-5(1-2-13-8(7)12)9(15)14-4-18-3-6(14)10(16)17/h1-2,6H,3-4H2,(H,16,17). The molecule has 1 atom stereocenters. The van der Waals surface area contributed by atoms with Gasteiger partial charge in [0.05, 0.1) is 11.4 Å². The molecule has 5 nitrogen and oxygen atoms in total. The van der Waals surface area contributed by atoms with Gasteiger partial charge in [0.15, 0.2) is 5.82 Å². The molecule has 2 rings (SSSR count). The number of carbonyl (C=O) groups is 2. The number of carboxylic acids is 1. The molecule has 1 fully saturated rings. The SMILES string of the molecule is O=C(O)C1CSCN1C(=O)c1ccnc(F)c1F.